The van der Waals surface area contributed by atoms with E-state index in [2.05, 4.69) is 31.9 Å². The maximum Gasteiger partial charge on any atom is 0.319 e. The minimum absolute atomic E-state index is 0.319. The molecule has 1 aliphatic rings. The number of anilines is 1. The molecule has 134 valence electrons. The molecule has 1 aliphatic heterocycles. The number of ether oxygens (including phenoxy) is 1. The molecule has 0 fully saturated rings. The molecule has 7 heteroatoms. The molecule has 3 amide bonds. The average molecular weight is 416 g/mol. The lowest BCUT2D eigenvalue weighted by Crippen LogP contribution is -2.46. The highest BCUT2D eigenvalue weighted by Gasteiger charge is 2.32. The monoisotopic (exact) mass is 415 g/mol. The van der Waals surface area contributed by atoms with E-state index in [9.17, 15) is 9.59 Å². The van der Waals surface area contributed by atoms with Crippen LogP contribution in [0, 0.1) is 0 Å². The number of carbonyl (C=O) groups is 2. The number of methoxy groups -OCH3 is 1. The predicted octanol–water partition coefficient (Wildman–Crippen LogP) is 3.72. The van der Waals surface area contributed by atoms with Gasteiger partial charge in [-0.3, -0.25) is 4.79 Å². The van der Waals surface area contributed by atoms with E-state index in [4.69, 9.17) is 4.74 Å². The Labute approximate surface area is 159 Å². The topological polar surface area (TPSA) is 79.5 Å². The Morgan fingerprint density at radius 2 is 1.85 bits per heavy atom. The molecule has 26 heavy (non-hydrogen) atoms. The molecule has 0 radical (unpaired) electrons. The van der Waals surface area contributed by atoms with Crippen LogP contribution in [0.3, 0.4) is 0 Å². The van der Waals surface area contributed by atoms with Crippen molar-refractivity contribution in [1.29, 1.82) is 0 Å². The summed E-state index contributed by atoms with van der Waals surface area (Å²) in [7, 11) is 1.54. The molecule has 0 saturated heterocycles. The van der Waals surface area contributed by atoms with Crippen LogP contribution < -0.4 is 20.7 Å². The molecule has 2 aromatic rings. The van der Waals surface area contributed by atoms with E-state index in [1.807, 2.05) is 36.4 Å². The minimum Gasteiger partial charge on any atom is -0.495 e. The summed E-state index contributed by atoms with van der Waals surface area (Å²) < 4.78 is 6.09. The van der Waals surface area contributed by atoms with E-state index in [0.717, 1.165) is 10.0 Å². The van der Waals surface area contributed by atoms with Crippen molar-refractivity contribution >= 4 is 33.6 Å². The number of nitrogens with one attached hydrogen (secondary N) is 3. The SMILES string of the molecule is COc1ccccc1NC(=O)C1=C(C)NC(=O)NC1c1ccccc1Br. The van der Waals surface area contributed by atoms with Gasteiger partial charge in [-0.1, -0.05) is 46.3 Å². The second-order valence-corrected chi connectivity index (χ2v) is 6.60. The second-order valence-electron chi connectivity index (χ2n) is 5.75. The number of carbonyl (C=O) groups excluding carboxylic acids is 2. The zero-order valence-corrected chi connectivity index (χ0v) is 15.9. The number of hydrogen-bond acceptors (Lipinski definition) is 3. The number of halogens is 1. The second kappa shape index (κ2) is 7.61. The van der Waals surface area contributed by atoms with Gasteiger partial charge in [0.05, 0.1) is 24.4 Å². The largest absolute Gasteiger partial charge is 0.495 e. The van der Waals surface area contributed by atoms with Gasteiger partial charge in [-0.25, -0.2) is 4.79 Å². The fourth-order valence-corrected chi connectivity index (χ4v) is 3.39. The summed E-state index contributed by atoms with van der Waals surface area (Å²) in [6.07, 6.45) is 0. The first kappa shape index (κ1) is 18.0. The van der Waals surface area contributed by atoms with Crippen LogP contribution in [0.25, 0.3) is 0 Å². The van der Waals surface area contributed by atoms with Crippen molar-refractivity contribution < 1.29 is 14.3 Å². The van der Waals surface area contributed by atoms with Gasteiger partial charge in [0, 0.05) is 10.2 Å². The Morgan fingerprint density at radius 3 is 2.58 bits per heavy atom. The lowest BCUT2D eigenvalue weighted by Gasteiger charge is -2.29. The summed E-state index contributed by atoms with van der Waals surface area (Å²) in [5.41, 5.74) is 2.29. The summed E-state index contributed by atoms with van der Waals surface area (Å²) in [5, 5.41) is 8.35. The highest BCUT2D eigenvalue weighted by molar-refractivity contribution is 9.10. The van der Waals surface area contributed by atoms with Crippen LogP contribution in [-0.4, -0.2) is 19.0 Å². The number of allylic oxidation sites excluding steroid dienone is 1. The van der Waals surface area contributed by atoms with Gasteiger partial charge in [0.1, 0.15) is 5.75 Å². The Hall–Kier alpha value is -2.80. The van der Waals surface area contributed by atoms with E-state index in [-0.39, 0.29) is 11.9 Å². The molecule has 0 aromatic heterocycles. The first-order valence-electron chi connectivity index (χ1n) is 7.98. The smallest absolute Gasteiger partial charge is 0.319 e. The Kier molecular flexibility index (Phi) is 5.27. The molecule has 3 N–H and O–H groups in total. The highest BCUT2D eigenvalue weighted by Crippen LogP contribution is 2.33. The normalized spacial score (nSPS) is 16.6. The van der Waals surface area contributed by atoms with Gasteiger partial charge in [0.25, 0.3) is 5.91 Å². The van der Waals surface area contributed by atoms with Crippen molar-refractivity contribution in [3.63, 3.8) is 0 Å². The van der Waals surface area contributed by atoms with Gasteiger partial charge < -0.3 is 20.7 Å². The third-order valence-electron chi connectivity index (χ3n) is 4.09. The van der Waals surface area contributed by atoms with Gasteiger partial charge in [-0.15, -0.1) is 0 Å². The third-order valence-corrected chi connectivity index (χ3v) is 4.81. The summed E-state index contributed by atoms with van der Waals surface area (Å²) in [6.45, 7) is 1.71. The van der Waals surface area contributed by atoms with Gasteiger partial charge >= 0.3 is 6.03 Å². The first-order chi connectivity index (χ1) is 12.5. The van der Waals surface area contributed by atoms with Crippen molar-refractivity contribution in [2.75, 3.05) is 12.4 Å². The van der Waals surface area contributed by atoms with E-state index < -0.39 is 6.04 Å². The average Bonchev–Trinajstić information content (AvgIpc) is 2.61. The molecule has 2 aromatic carbocycles. The van der Waals surface area contributed by atoms with E-state index in [0.29, 0.717) is 22.7 Å². The highest BCUT2D eigenvalue weighted by atomic mass is 79.9. The molecule has 6 nitrogen and oxygen atoms in total. The van der Waals surface area contributed by atoms with Gasteiger partial charge in [-0.2, -0.15) is 0 Å². The lowest BCUT2D eigenvalue weighted by molar-refractivity contribution is -0.113. The summed E-state index contributed by atoms with van der Waals surface area (Å²) >= 11 is 3.49. The summed E-state index contributed by atoms with van der Waals surface area (Å²) in [5.74, 6) is 0.240. The molecule has 3 rings (SSSR count). The molecule has 0 saturated carbocycles. The number of urea groups is 1. The Balaban J connectivity index is 1.99. The number of hydrogen-bond donors (Lipinski definition) is 3. The van der Waals surface area contributed by atoms with Crippen LogP contribution in [0.5, 0.6) is 5.75 Å². The van der Waals surface area contributed by atoms with Crippen molar-refractivity contribution in [1.82, 2.24) is 10.6 Å². The first-order valence-corrected chi connectivity index (χ1v) is 8.77. The van der Waals surface area contributed by atoms with Crippen molar-refractivity contribution in [3.05, 3.63) is 69.8 Å². The number of benzene rings is 2. The standard InChI is InChI=1S/C19H18BrN3O3/c1-11-16(18(24)22-14-9-5-6-10-15(14)26-2)17(23-19(25)21-11)12-7-3-4-8-13(12)20/h3-10,17H,1-2H3,(H,22,24)(H2,21,23,25). The van der Waals surface area contributed by atoms with Gasteiger partial charge in [0.15, 0.2) is 0 Å². The van der Waals surface area contributed by atoms with E-state index in [1.165, 1.54) is 0 Å². The zero-order chi connectivity index (χ0) is 18.7. The quantitative estimate of drug-likeness (QED) is 0.711. The van der Waals surface area contributed by atoms with Crippen LogP contribution in [0.15, 0.2) is 64.3 Å². The molecular weight excluding hydrogens is 398 g/mol. The summed E-state index contributed by atoms with van der Waals surface area (Å²) in [6, 6.07) is 13.7. The zero-order valence-electron chi connectivity index (χ0n) is 14.3. The van der Waals surface area contributed by atoms with Crippen molar-refractivity contribution in [2.24, 2.45) is 0 Å². The van der Waals surface area contributed by atoms with Crippen LogP contribution in [-0.2, 0) is 4.79 Å². The molecule has 1 atom stereocenters. The van der Waals surface area contributed by atoms with Crippen LogP contribution in [0.2, 0.25) is 0 Å². The minimum atomic E-state index is -0.575. The predicted molar refractivity (Wildman–Crippen MR) is 103 cm³/mol. The summed E-state index contributed by atoms with van der Waals surface area (Å²) in [4.78, 5) is 25.0. The fraction of sp³-hybridized carbons (Fsp3) is 0.158. The maximum atomic E-state index is 13.0. The number of rotatable bonds is 4. The number of amides is 3. The van der Waals surface area contributed by atoms with Gasteiger partial charge in [-0.05, 0) is 30.7 Å². The molecular formula is C19H18BrN3O3. The molecule has 0 bridgehead atoms. The molecule has 0 aliphatic carbocycles. The van der Waals surface area contributed by atoms with Crippen LogP contribution in [0.1, 0.15) is 18.5 Å². The lowest BCUT2D eigenvalue weighted by atomic mass is 9.95. The fourth-order valence-electron chi connectivity index (χ4n) is 2.87. The molecule has 1 unspecified atom stereocenters. The van der Waals surface area contributed by atoms with E-state index in [1.54, 1.807) is 26.2 Å². The van der Waals surface area contributed by atoms with Gasteiger partial charge in [0.2, 0.25) is 0 Å². The third kappa shape index (κ3) is 3.57. The van der Waals surface area contributed by atoms with E-state index >= 15 is 0 Å². The van der Waals surface area contributed by atoms with Crippen LogP contribution in [0.4, 0.5) is 10.5 Å². The van der Waals surface area contributed by atoms with Crippen molar-refractivity contribution in [3.8, 4) is 5.75 Å². The van der Waals surface area contributed by atoms with Crippen LogP contribution >= 0.6 is 15.9 Å². The molecule has 0 spiro atoms. The Bertz CT molecular complexity index is 895. The Morgan fingerprint density at radius 1 is 1.15 bits per heavy atom. The molecule has 1 heterocycles. The number of para-hydroxylation sites is 2. The maximum absolute atomic E-state index is 13.0. The van der Waals surface area contributed by atoms with Crippen molar-refractivity contribution in [2.45, 2.75) is 13.0 Å².